The van der Waals surface area contributed by atoms with E-state index in [1.54, 1.807) is 7.11 Å². The van der Waals surface area contributed by atoms with Gasteiger partial charge >= 0.3 is 0 Å². The lowest BCUT2D eigenvalue weighted by Crippen LogP contribution is -2.25. The molecule has 2 nitrogen and oxygen atoms in total. The quantitative estimate of drug-likeness (QED) is 0.471. The van der Waals surface area contributed by atoms with Gasteiger partial charge in [0.1, 0.15) is 5.75 Å². The summed E-state index contributed by atoms with van der Waals surface area (Å²) in [5.41, 5.74) is 4.14. The summed E-state index contributed by atoms with van der Waals surface area (Å²) >= 11 is 0. The number of anilines is 1. The molecule has 0 saturated carbocycles. The van der Waals surface area contributed by atoms with Crippen molar-refractivity contribution in [2.75, 3.05) is 25.1 Å². The van der Waals surface area contributed by atoms with Crippen LogP contribution in [-0.2, 0) is 0 Å². The molecule has 0 heterocycles. The smallest absolute Gasteiger partial charge is 0.119 e. The summed E-state index contributed by atoms with van der Waals surface area (Å²) < 4.78 is 5.27. The lowest BCUT2D eigenvalue weighted by atomic mass is 10.1. The summed E-state index contributed by atoms with van der Waals surface area (Å²) in [5.74, 6) is 1.63. The van der Waals surface area contributed by atoms with Gasteiger partial charge in [-0.1, -0.05) is 37.1 Å². The Labute approximate surface area is 149 Å². The van der Waals surface area contributed by atoms with E-state index in [2.05, 4.69) is 63.8 Å². The van der Waals surface area contributed by atoms with Gasteiger partial charge in [-0.3, -0.25) is 0 Å². The number of rotatable bonds is 10. The third-order valence-corrected chi connectivity index (χ3v) is 4.17. The van der Waals surface area contributed by atoms with Crippen LogP contribution in [-0.4, -0.2) is 20.2 Å². The zero-order valence-electron chi connectivity index (χ0n) is 16.4. The van der Waals surface area contributed by atoms with Gasteiger partial charge in [0.25, 0.3) is 0 Å². The van der Waals surface area contributed by atoms with E-state index in [0.717, 1.165) is 31.7 Å². The summed E-state index contributed by atoms with van der Waals surface area (Å²) in [5, 5.41) is 0. The molecular formula is C22H35NO. The molecular weight excluding hydrogens is 294 g/mol. The molecule has 0 amide bonds. The predicted octanol–water partition coefficient (Wildman–Crippen LogP) is 6.24. The molecule has 1 aromatic carbocycles. The van der Waals surface area contributed by atoms with Gasteiger partial charge in [0, 0.05) is 18.8 Å². The predicted molar refractivity (Wildman–Crippen MR) is 107 cm³/mol. The summed E-state index contributed by atoms with van der Waals surface area (Å²) in [7, 11) is 1.71. The monoisotopic (exact) mass is 329 g/mol. The summed E-state index contributed by atoms with van der Waals surface area (Å²) in [6.07, 6.45) is 8.18. The number of ether oxygens (including phenoxy) is 1. The number of hydrogen-bond donors (Lipinski definition) is 0. The van der Waals surface area contributed by atoms with Crippen LogP contribution < -0.4 is 9.64 Å². The molecule has 0 fully saturated rings. The molecule has 0 aliphatic rings. The van der Waals surface area contributed by atoms with E-state index >= 15 is 0 Å². The van der Waals surface area contributed by atoms with E-state index in [4.69, 9.17) is 4.74 Å². The lowest BCUT2D eigenvalue weighted by Gasteiger charge is -2.25. The second-order valence-corrected chi connectivity index (χ2v) is 7.20. The average molecular weight is 330 g/mol. The normalized spacial score (nSPS) is 11.5. The molecule has 134 valence electrons. The number of methoxy groups -OCH3 is 1. The molecule has 0 unspecified atom stereocenters. The van der Waals surface area contributed by atoms with E-state index in [9.17, 15) is 0 Å². The van der Waals surface area contributed by atoms with Crippen molar-refractivity contribution in [1.29, 1.82) is 0 Å². The highest BCUT2D eigenvalue weighted by Gasteiger charge is 2.07. The van der Waals surface area contributed by atoms with Crippen LogP contribution >= 0.6 is 0 Å². The highest BCUT2D eigenvalue weighted by atomic mass is 16.5. The largest absolute Gasteiger partial charge is 0.497 e. The van der Waals surface area contributed by atoms with Crippen LogP contribution in [0.4, 0.5) is 5.69 Å². The van der Waals surface area contributed by atoms with E-state index in [-0.39, 0.29) is 0 Å². The van der Waals surface area contributed by atoms with E-state index in [1.165, 1.54) is 23.3 Å². The van der Waals surface area contributed by atoms with Gasteiger partial charge in [-0.15, -0.1) is 0 Å². The summed E-state index contributed by atoms with van der Waals surface area (Å²) in [6, 6.07) is 8.41. The van der Waals surface area contributed by atoms with E-state index in [0.29, 0.717) is 5.92 Å². The Balaban J connectivity index is 2.72. The van der Waals surface area contributed by atoms with Crippen molar-refractivity contribution < 1.29 is 4.74 Å². The van der Waals surface area contributed by atoms with Crippen LogP contribution in [0.15, 0.2) is 47.6 Å². The van der Waals surface area contributed by atoms with Crippen molar-refractivity contribution in [3.8, 4) is 5.75 Å². The molecule has 0 atom stereocenters. The third kappa shape index (κ3) is 8.24. The van der Waals surface area contributed by atoms with Crippen LogP contribution in [0.25, 0.3) is 0 Å². The molecule has 0 saturated heterocycles. The molecule has 0 aromatic heterocycles. The average Bonchev–Trinajstić information content (AvgIpc) is 2.54. The van der Waals surface area contributed by atoms with E-state index in [1.807, 2.05) is 12.1 Å². The van der Waals surface area contributed by atoms with Crippen LogP contribution in [0.5, 0.6) is 5.75 Å². The maximum absolute atomic E-state index is 5.27. The van der Waals surface area contributed by atoms with Gasteiger partial charge in [0.15, 0.2) is 0 Å². The van der Waals surface area contributed by atoms with Crippen molar-refractivity contribution in [2.24, 2.45) is 5.92 Å². The molecule has 0 N–H and O–H groups in total. The lowest BCUT2D eigenvalue weighted by molar-refractivity contribution is 0.415. The molecule has 1 rings (SSSR count). The Morgan fingerprint density at radius 3 is 2.29 bits per heavy atom. The fourth-order valence-electron chi connectivity index (χ4n) is 2.49. The maximum atomic E-state index is 5.27. The van der Waals surface area contributed by atoms with Gasteiger partial charge in [-0.05, 0) is 70.2 Å². The fourth-order valence-corrected chi connectivity index (χ4v) is 2.49. The third-order valence-electron chi connectivity index (χ3n) is 4.17. The number of benzene rings is 1. The number of nitrogens with zero attached hydrogens (tertiary/aromatic N) is 1. The molecule has 0 spiro atoms. The van der Waals surface area contributed by atoms with Gasteiger partial charge in [-0.2, -0.15) is 0 Å². The van der Waals surface area contributed by atoms with Gasteiger partial charge in [0.2, 0.25) is 0 Å². The van der Waals surface area contributed by atoms with Crippen molar-refractivity contribution in [1.82, 2.24) is 0 Å². The summed E-state index contributed by atoms with van der Waals surface area (Å²) in [4.78, 5) is 2.46. The first kappa shape index (κ1) is 20.3. The summed E-state index contributed by atoms with van der Waals surface area (Å²) in [6.45, 7) is 13.2. The van der Waals surface area contributed by atoms with Crippen LogP contribution in [0.2, 0.25) is 0 Å². The van der Waals surface area contributed by atoms with Crippen LogP contribution in [0.1, 0.15) is 53.9 Å². The first-order valence-electron chi connectivity index (χ1n) is 9.10. The van der Waals surface area contributed by atoms with E-state index < -0.39 is 0 Å². The zero-order valence-corrected chi connectivity index (χ0v) is 16.4. The van der Waals surface area contributed by atoms with Crippen LogP contribution in [0.3, 0.4) is 0 Å². The number of hydrogen-bond acceptors (Lipinski definition) is 2. The van der Waals surface area contributed by atoms with Gasteiger partial charge < -0.3 is 9.64 Å². The zero-order chi connectivity index (χ0) is 17.9. The Bertz CT molecular complexity index is 521. The number of allylic oxidation sites excluding steroid dienone is 3. The van der Waals surface area contributed by atoms with Crippen molar-refractivity contribution in [3.05, 3.63) is 47.6 Å². The second-order valence-electron chi connectivity index (χ2n) is 7.20. The topological polar surface area (TPSA) is 12.5 Å². The first-order valence-corrected chi connectivity index (χ1v) is 9.10. The Morgan fingerprint density at radius 2 is 1.75 bits per heavy atom. The minimum Gasteiger partial charge on any atom is -0.497 e. The molecule has 0 bridgehead atoms. The van der Waals surface area contributed by atoms with Crippen molar-refractivity contribution >= 4 is 5.69 Å². The highest BCUT2D eigenvalue weighted by molar-refractivity contribution is 5.49. The van der Waals surface area contributed by atoms with Crippen molar-refractivity contribution in [3.63, 3.8) is 0 Å². The fraction of sp³-hybridized carbons (Fsp3) is 0.545. The highest BCUT2D eigenvalue weighted by Crippen LogP contribution is 2.20. The second kappa shape index (κ2) is 11.0. The molecule has 0 aliphatic carbocycles. The Kier molecular flexibility index (Phi) is 9.29. The minimum atomic E-state index is 0.716. The molecule has 24 heavy (non-hydrogen) atoms. The van der Waals surface area contributed by atoms with Gasteiger partial charge in [-0.25, -0.2) is 0 Å². The standard InChI is InChI=1S/C22H35NO/c1-18(2)8-7-9-20(5)15-17-23(16-14-19(3)4)21-10-12-22(24-6)13-11-21/h8,10-13,15,19H,7,9,14,16-17H2,1-6H3/b20-15+. The van der Waals surface area contributed by atoms with Crippen LogP contribution in [0, 0.1) is 5.92 Å². The van der Waals surface area contributed by atoms with Gasteiger partial charge in [0.05, 0.1) is 7.11 Å². The molecule has 0 radical (unpaired) electrons. The molecule has 0 aliphatic heterocycles. The molecule has 1 aromatic rings. The maximum Gasteiger partial charge on any atom is 0.119 e. The SMILES string of the molecule is COc1ccc(N(C/C=C(\C)CCC=C(C)C)CCC(C)C)cc1. The molecule has 2 heteroatoms. The van der Waals surface area contributed by atoms with Crippen molar-refractivity contribution in [2.45, 2.75) is 53.9 Å². The Morgan fingerprint density at radius 1 is 1.08 bits per heavy atom. The first-order chi connectivity index (χ1) is 11.4. The minimum absolute atomic E-state index is 0.716. The Hall–Kier alpha value is -1.70.